The van der Waals surface area contributed by atoms with Crippen LogP contribution in [0.5, 0.6) is 0 Å². The van der Waals surface area contributed by atoms with Crippen molar-refractivity contribution < 1.29 is 18.7 Å². The molecule has 0 bridgehead atoms. The van der Waals surface area contributed by atoms with E-state index in [1.54, 1.807) is 12.0 Å². The molecule has 1 N–H and O–H groups in total. The number of carbonyl (C=O) groups excluding carboxylic acids is 1. The van der Waals surface area contributed by atoms with Crippen LogP contribution in [0.25, 0.3) is 11.0 Å². The Labute approximate surface area is 135 Å². The molecule has 0 aliphatic carbocycles. The Balaban J connectivity index is 1.47. The van der Waals surface area contributed by atoms with E-state index in [9.17, 15) is 4.79 Å². The summed E-state index contributed by atoms with van der Waals surface area (Å²) >= 11 is 0. The number of methoxy groups -OCH3 is 1. The highest BCUT2D eigenvalue weighted by atomic mass is 16.5. The predicted molar refractivity (Wildman–Crippen MR) is 86.5 cm³/mol. The smallest absolute Gasteiger partial charge is 0.317 e. The highest BCUT2D eigenvalue weighted by Crippen LogP contribution is 2.18. The van der Waals surface area contributed by atoms with Gasteiger partial charge in [-0.2, -0.15) is 0 Å². The Hall–Kier alpha value is -2.05. The molecule has 1 saturated heterocycles. The molecule has 0 spiro atoms. The van der Waals surface area contributed by atoms with Gasteiger partial charge >= 0.3 is 6.03 Å². The number of amides is 2. The van der Waals surface area contributed by atoms with Gasteiger partial charge in [0.15, 0.2) is 0 Å². The molecule has 1 atom stereocenters. The van der Waals surface area contributed by atoms with E-state index in [1.165, 1.54) is 0 Å². The van der Waals surface area contributed by atoms with E-state index in [-0.39, 0.29) is 12.1 Å². The van der Waals surface area contributed by atoms with E-state index in [1.807, 2.05) is 30.3 Å². The Kier molecular flexibility index (Phi) is 5.15. The molecule has 2 heterocycles. The molecule has 6 heteroatoms. The van der Waals surface area contributed by atoms with Gasteiger partial charge in [0.05, 0.1) is 25.9 Å². The minimum atomic E-state index is -0.0643. The van der Waals surface area contributed by atoms with Gasteiger partial charge in [0, 0.05) is 32.0 Å². The molecule has 1 aromatic carbocycles. The van der Waals surface area contributed by atoms with Crippen LogP contribution in [-0.4, -0.2) is 57.0 Å². The highest BCUT2D eigenvalue weighted by Gasteiger charge is 2.23. The van der Waals surface area contributed by atoms with E-state index in [0.29, 0.717) is 39.3 Å². The summed E-state index contributed by atoms with van der Waals surface area (Å²) in [6, 6.07) is 9.85. The number of benzene rings is 1. The fourth-order valence-corrected chi connectivity index (χ4v) is 2.76. The maximum atomic E-state index is 12.2. The summed E-state index contributed by atoms with van der Waals surface area (Å²) in [7, 11) is 1.63. The van der Waals surface area contributed by atoms with Gasteiger partial charge in [-0.05, 0) is 12.1 Å². The lowest BCUT2D eigenvalue weighted by molar-refractivity contribution is -0.0494. The summed E-state index contributed by atoms with van der Waals surface area (Å²) in [6.07, 6.45) is 0.626. The summed E-state index contributed by atoms with van der Waals surface area (Å²) < 4.78 is 16.4. The first-order chi connectivity index (χ1) is 11.3. The van der Waals surface area contributed by atoms with Crippen LogP contribution in [-0.2, 0) is 15.9 Å². The molecule has 0 unspecified atom stereocenters. The largest absolute Gasteiger partial charge is 0.461 e. The molecule has 1 aromatic heterocycles. The number of hydrogen-bond donors (Lipinski definition) is 1. The fraction of sp³-hybridized carbons (Fsp3) is 0.471. The summed E-state index contributed by atoms with van der Waals surface area (Å²) in [5, 5.41) is 4.03. The van der Waals surface area contributed by atoms with E-state index >= 15 is 0 Å². The van der Waals surface area contributed by atoms with Crippen LogP contribution in [0.2, 0.25) is 0 Å². The minimum Gasteiger partial charge on any atom is -0.461 e. The van der Waals surface area contributed by atoms with Crippen molar-refractivity contribution in [3.8, 4) is 0 Å². The van der Waals surface area contributed by atoms with Gasteiger partial charge in [0.1, 0.15) is 11.3 Å². The quantitative estimate of drug-likeness (QED) is 0.916. The van der Waals surface area contributed by atoms with Crippen molar-refractivity contribution >= 4 is 17.0 Å². The number of rotatable bonds is 5. The number of ether oxygens (including phenoxy) is 2. The molecule has 2 aromatic rings. The lowest BCUT2D eigenvalue weighted by atomic mass is 10.2. The average Bonchev–Trinajstić information content (AvgIpc) is 2.98. The van der Waals surface area contributed by atoms with Crippen LogP contribution in [0.4, 0.5) is 4.79 Å². The Bertz CT molecular complexity index is 620. The summed E-state index contributed by atoms with van der Waals surface area (Å²) in [5.74, 6) is 0.880. The Morgan fingerprint density at radius 1 is 1.43 bits per heavy atom. The molecule has 0 radical (unpaired) electrons. The van der Waals surface area contributed by atoms with Gasteiger partial charge in [-0.3, -0.25) is 0 Å². The average molecular weight is 318 g/mol. The second-order valence-electron chi connectivity index (χ2n) is 5.63. The van der Waals surface area contributed by atoms with Crippen molar-refractivity contribution in [2.75, 3.05) is 40.0 Å². The third-order valence-corrected chi connectivity index (χ3v) is 3.90. The van der Waals surface area contributed by atoms with Crippen molar-refractivity contribution in [3.63, 3.8) is 0 Å². The van der Waals surface area contributed by atoms with Crippen LogP contribution in [0.1, 0.15) is 5.76 Å². The molecule has 1 fully saturated rings. The van der Waals surface area contributed by atoms with Gasteiger partial charge in [0.25, 0.3) is 0 Å². The van der Waals surface area contributed by atoms with Gasteiger partial charge in [-0.25, -0.2) is 4.79 Å². The van der Waals surface area contributed by atoms with Crippen molar-refractivity contribution in [1.82, 2.24) is 10.2 Å². The van der Waals surface area contributed by atoms with Crippen LogP contribution < -0.4 is 5.32 Å². The van der Waals surface area contributed by atoms with Gasteiger partial charge in [-0.1, -0.05) is 18.2 Å². The van der Waals surface area contributed by atoms with E-state index in [4.69, 9.17) is 13.9 Å². The number of urea groups is 1. The zero-order valence-corrected chi connectivity index (χ0v) is 13.3. The van der Waals surface area contributed by atoms with Crippen molar-refractivity contribution in [3.05, 3.63) is 36.1 Å². The number of nitrogens with zero attached hydrogens (tertiary/aromatic N) is 1. The van der Waals surface area contributed by atoms with Gasteiger partial charge < -0.3 is 24.1 Å². The van der Waals surface area contributed by atoms with Crippen LogP contribution in [0.15, 0.2) is 34.7 Å². The highest BCUT2D eigenvalue weighted by molar-refractivity contribution is 5.77. The lowest BCUT2D eigenvalue weighted by Gasteiger charge is -2.32. The monoisotopic (exact) mass is 318 g/mol. The molecule has 1 aliphatic rings. The predicted octanol–water partition coefficient (Wildman–Crippen LogP) is 2.03. The topological polar surface area (TPSA) is 63.9 Å². The number of nitrogens with one attached hydrogen (secondary N) is 1. The second-order valence-corrected chi connectivity index (χ2v) is 5.63. The van der Waals surface area contributed by atoms with E-state index in [2.05, 4.69) is 5.32 Å². The first kappa shape index (κ1) is 15.8. The van der Waals surface area contributed by atoms with E-state index < -0.39 is 0 Å². The van der Waals surface area contributed by atoms with Gasteiger partial charge in [0.2, 0.25) is 0 Å². The summed E-state index contributed by atoms with van der Waals surface area (Å²) in [4.78, 5) is 14.0. The normalized spacial score (nSPS) is 18.3. The number of hydrogen-bond acceptors (Lipinski definition) is 4. The molecule has 124 valence electrons. The van der Waals surface area contributed by atoms with Crippen molar-refractivity contribution in [2.45, 2.75) is 12.5 Å². The Morgan fingerprint density at radius 2 is 2.30 bits per heavy atom. The summed E-state index contributed by atoms with van der Waals surface area (Å²) in [5.41, 5.74) is 0.879. The first-order valence-corrected chi connectivity index (χ1v) is 7.87. The van der Waals surface area contributed by atoms with Crippen molar-refractivity contribution in [1.29, 1.82) is 0 Å². The maximum Gasteiger partial charge on any atom is 0.317 e. The molecule has 0 saturated carbocycles. The van der Waals surface area contributed by atoms with Crippen molar-refractivity contribution in [2.24, 2.45) is 0 Å². The molecular weight excluding hydrogens is 296 g/mol. The van der Waals surface area contributed by atoms with Crippen LogP contribution >= 0.6 is 0 Å². The molecular formula is C17H22N2O4. The number of para-hydroxylation sites is 1. The number of fused-ring (bicyclic) bond motifs is 1. The molecule has 3 rings (SSSR count). The van der Waals surface area contributed by atoms with Crippen LogP contribution in [0, 0.1) is 0 Å². The third-order valence-electron chi connectivity index (χ3n) is 3.90. The second kappa shape index (κ2) is 7.48. The van der Waals surface area contributed by atoms with Gasteiger partial charge in [-0.15, -0.1) is 0 Å². The third kappa shape index (κ3) is 4.03. The number of morpholine rings is 1. The SMILES string of the molecule is COC[C@@H]1CN(C(=O)NCCc2cc3ccccc3o2)CCO1. The zero-order chi connectivity index (χ0) is 16.1. The standard InChI is InChI=1S/C17H22N2O4/c1-21-12-15-11-19(8-9-22-15)17(20)18-7-6-14-10-13-4-2-3-5-16(13)23-14/h2-5,10,15H,6-9,11-12H2,1H3,(H,18,20)/t15-/m0/s1. The minimum absolute atomic E-state index is 0.0464. The maximum absolute atomic E-state index is 12.2. The molecule has 2 amide bonds. The molecule has 23 heavy (non-hydrogen) atoms. The van der Waals surface area contributed by atoms with E-state index in [0.717, 1.165) is 16.7 Å². The number of carbonyl (C=O) groups is 1. The summed E-state index contributed by atoms with van der Waals surface area (Å²) in [6.45, 7) is 2.76. The lowest BCUT2D eigenvalue weighted by Crippen LogP contribution is -2.51. The fourth-order valence-electron chi connectivity index (χ4n) is 2.76. The van der Waals surface area contributed by atoms with Crippen LogP contribution in [0.3, 0.4) is 0 Å². The number of furan rings is 1. The zero-order valence-electron chi connectivity index (χ0n) is 13.3. The Morgan fingerprint density at radius 3 is 3.13 bits per heavy atom. The molecule has 1 aliphatic heterocycles. The molecule has 6 nitrogen and oxygen atoms in total. The first-order valence-electron chi connectivity index (χ1n) is 7.87.